The maximum atomic E-state index is 5.98. The van der Waals surface area contributed by atoms with Gasteiger partial charge in [0.15, 0.2) is 0 Å². The largest absolute Gasteiger partial charge is 0.385 e. The molecule has 0 aromatic heterocycles. The molecular formula is C17H26ClNO. The van der Waals surface area contributed by atoms with Gasteiger partial charge in [0.2, 0.25) is 0 Å². The number of rotatable bonds is 8. The van der Waals surface area contributed by atoms with Crippen molar-refractivity contribution in [1.29, 1.82) is 0 Å². The van der Waals surface area contributed by atoms with Gasteiger partial charge < -0.3 is 10.1 Å². The number of methoxy groups -OCH3 is 1. The van der Waals surface area contributed by atoms with Crippen LogP contribution in [0.2, 0.25) is 5.02 Å². The molecule has 3 heteroatoms. The molecule has 1 unspecified atom stereocenters. The third-order valence-electron chi connectivity index (χ3n) is 4.11. The molecular weight excluding hydrogens is 270 g/mol. The number of nitrogens with one attached hydrogen (secondary N) is 1. The number of benzene rings is 1. The third kappa shape index (κ3) is 4.76. The highest BCUT2D eigenvalue weighted by atomic mass is 35.5. The van der Waals surface area contributed by atoms with Crippen molar-refractivity contribution in [3.05, 3.63) is 34.9 Å². The van der Waals surface area contributed by atoms with Crippen LogP contribution in [-0.4, -0.2) is 20.3 Å². The second kappa shape index (κ2) is 6.93. The summed E-state index contributed by atoms with van der Waals surface area (Å²) in [6, 6.07) is 8.75. The average Bonchev–Trinajstić information content (AvgIpc) is 3.23. The molecule has 1 atom stereocenters. The first kappa shape index (κ1) is 15.8. The summed E-state index contributed by atoms with van der Waals surface area (Å²) in [5, 5.41) is 4.58. The Kier molecular flexibility index (Phi) is 5.48. The maximum absolute atomic E-state index is 5.98. The van der Waals surface area contributed by atoms with Crippen LogP contribution in [0.3, 0.4) is 0 Å². The van der Waals surface area contributed by atoms with Crippen molar-refractivity contribution in [2.24, 2.45) is 11.3 Å². The fraction of sp³-hybridized carbons (Fsp3) is 0.647. The lowest BCUT2D eigenvalue weighted by molar-refractivity contribution is 0.148. The molecule has 1 fully saturated rings. The quantitative estimate of drug-likeness (QED) is 0.765. The molecule has 1 N–H and O–H groups in total. The number of hydrogen-bond acceptors (Lipinski definition) is 2. The molecule has 0 radical (unpaired) electrons. The Balaban J connectivity index is 1.94. The van der Waals surface area contributed by atoms with Gasteiger partial charge in [0, 0.05) is 31.3 Å². The molecule has 0 amide bonds. The minimum Gasteiger partial charge on any atom is -0.385 e. The van der Waals surface area contributed by atoms with Gasteiger partial charge in [0.25, 0.3) is 0 Å². The van der Waals surface area contributed by atoms with Crippen molar-refractivity contribution in [1.82, 2.24) is 5.32 Å². The van der Waals surface area contributed by atoms with Crippen molar-refractivity contribution in [2.75, 3.05) is 20.3 Å². The van der Waals surface area contributed by atoms with E-state index < -0.39 is 0 Å². The maximum Gasteiger partial charge on any atom is 0.0467 e. The van der Waals surface area contributed by atoms with E-state index in [-0.39, 0.29) is 5.41 Å². The molecule has 0 bridgehead atoms. The normalized spacial score (nSPS) is 17.2. The van der Waals surface area contributed by atoms with E-state index in [1.165, 1.54) is 18.4 Å². The van der Waals surface area contributed by atoms with Crippen molar-refractivity contribution >= 4 is 11.6 Å². The molecule has 1 aliphatic rings. The van der Waals surface area contributed by atoms with Crippen molar-refractivity contribution in [3.63, 3.8) is 0 Å². The Morgan fingerprint density at radius 1 is 1.30 bits per heavy atom. The van der Waals surface area contributed by atoms with E-state index in [0.717, 1.165) is 30.5 Å². The zero-order valence-electron chi connectivity index (χ0n) is 12.8. The summed E-state index contributed by atoms with van der Waals surface area (Å²) in [4.78, 5) is 0. The zero-order chi connectivity index (χ0) is 14.6. The Labute approximate surface area is 127 Å². The van der Waals surface area contributed by atoms with Gasteiger partial charge in [-0.25, -0.2) is 0 Å². The Hall–Kier alpha value is -0.570. The van der Waals surface area contributed by atoms with Crippen molar-refractivity contribution in [2.45, 2.75) is 39.2 Å². The fourth-order valence-corrected chi connectivity index (χ4v) is 2.64. The molecule has 2 rings (SSSR count). The van der Waals surface area contributed by atoms with Gasteiger partial charge in [-0.05, 0) is 48.3 Å². The van der Waals surface area contributed by atoms with E-state index in [1.54, 1.807) is 7.11 Å². The summed E-state index contributed by atoms with van der Waals surface area (Å²) < 4.78 is 5.20. The second-order valence-electron chi connectivity index (χ2n) is 6.65. The van der Waals surface area contributed by atoms with Crippen LogP contribution >= 0.6 is 11.6 Å². The van der Waals surface area contributed by atoms with Crippen LogP contribution in [0.4, 0.5) is 0 Å². The van der Waals surface area contributed by atoms with Crippen molar-refractivity contribution < 1.29 is 4.74 Å². The van der Waals surface area contributed by atoms with Crippen LogP contribution in [0, 0.1) is 11.3 Å². The first-order valence-electron chi connectivity index (χ1n) is 7.50. The topological polar surface area (TPSA) is 21.3 Å². The van der Waals surface area contributed by atoms with Gasteiger partial charge >= 0.3 is 0 Å². The SMILES string of the molecule is COCCC(C)(C)CNC(c1ccc(Cl)cc1)C1CC1. The minimum atomic E-state index is 0.259. The van der Waals surface area contributed by atoms with E-state index in [2.05, 4.69) is 31.3 Å². The van der Waals surface area contributed by atoms with Gasteiger partial charge in [0.05, 0.1) is 0 Å². The molecule has 1 aromatic rings. The molecule has 2 nitrogen and oxygen atoms in total. The first-order valence-corrected chi connectivity index (χ1v) is 7.87. The van der Waals surface area contributed by atoms with E-state index in [1.807, 2.05) is 12.1 Å². The summed E-state index contributed by atoms with van der Waals surface area (Å²) in [6.07, 6.45) is 3.74. The molecule has 0 saturated heterocycles. The second-order valence-corrected chi connectivity index (χ2v) is 7.09. The van der Waals surface area contributed by atoms with Gasteiger partial charge in [0.1, 0.15) is 0 Å². The molecule has 20 heavy (non-hydrogen) atoms. The summed E-state index contributed by atoms with van der Waals surface area (Å²) in [5.74, 6) is 0.786. The summed E-state index contributed by atoms with van der Waals surface area (Å²) in [6.45, 7) is 6.43. The molecule has 112 valence electrons. The lowest BCUT2D eigenvalue weighted by Gasteiger charge is -2.28. The molecule has 1 aromatic carbocycles. The first-order chi connectivity index (χ1) is 9.52. The van der Waals surface area contributed by atoms with Crippen LogP contribution in [0.1, 0.15) is 44.7 Å². The lowest BCUT2D eigenvalue weighted by atomic mass is 9.88. The van der Waals surface area contributed by atoms with Gasteiger partial charge in [-0.2, -0.15) is 0 Å². The van der Waals surface area contributed by atoms with Crippen LogP contribution < -0.4 is 5.32 Å². The lowest BCUT2D eigenvalue weighted by Crippen LogP contribution is -2.34. The molecule has 0 spiro atoms. The molecule has 1 saturated carbocycles. The smallest absolute Gasteiger partial charge is 0.0467 e. The van der Waals surface area contributed by atoms with Gasteiger partial charge in [-0.15, -0.1) is 0 Å². The zero-order valence-corrected chi connectivity index (χ0v) is 13.5. The highest BCUT2D eigenvalue weighted by Crippen LogP contribution is 2.41. The van der Waals surface area contributed by atoms with E-state index >= 15 is 0 Å². The number of ether oxygens (including phenoxy) is 1. The van der Waals surface area contributed by atoms with E-state index in [0.29, 0.717) is 6.04 Å². The van der Waals surface area contributed by atoms with Crippen LogP contribution in [-0.2, 0) is 4.74 Å². The van der Waals surface area contributed by atoms with Crippen LogP contribution in [0.15, 0.2) is 24.3 Å². The third-order valence-corrected chi connectivity index (χ3v) is 4.36. The van der Waals surface area contributed by atoms with Crippen LogP contribution in [0.25, 0.3) is 0 Å². The Morgan fingerprint density at radius 2 is 1.95 bits per heavy atom. The Morgan fingerprint density at radius 3 is 2.50 bits per heavy atom. The monoisotopic (exact) mass is 295 g/mol. The Bertz CT molecular complexity index is 412. The fourth-order valence-electron chi connectivity index (χ4n) is 2.51. The van der Waals surface area contributed by atoms with E-state index in [9.17, 15) is 0 Å². The van der Waals surface area contributed by atoms with Gasteiger partial charge in [-0.1, -0.05) is 37.6 Å². The minimum absolute atomic E-state index is 0.259. The standard InChI is InChI=1S/C17H26ClNO/c1-17(2,10-11-20-3)12-19-16(13-4-5-13)14-6-8-15(18)9-7-14/h6-9,13,16,19H,4-5,10-12H2,1-3H3. The van der Waals surface area contributed by atoms with E-state index in [4.69, 9.17) is 16.3 Å². The van der Waals surface area contributed by atoms with Gasteiger partial charge in [-0.3, -0.25) is 0 Å². The number of halogens is 1. The number of hydrogen-bond donors (Lipinski definition) is 1. The molecule has 0 heterocycles. The highest BCUT2D eigenvalue weighted by molar-refractivity contribution is 6.30. The van der Waals surface area contributed by atoms with Crippen LogP contribution in [0.5, 0.6) is 0 Å². The summed E-state index contributed by atoms with van der Waals surface area (Å²) >= 11 is 5.98. The average molecular weight is 296 g/mol. The predicted octanol–water partition coefficient (Wildman–Crippen LogP) is 4.44. The molecule has 0 aliphatic heterocycles. The molecule has 1 aliphatic carbocycles. The predicted molar refractivity (Wildman–Crippen MR) is 85.2 cm³/mol. The summed E-state index contributed by atoms with van der Waals surface area (Å²) in [5.41, 5.74) is 1.62. The van der Waals surface area contributed by atoms with Crippen molar-refractivity contribution in [3.8, 4) is 0 Å². The highest BCUT2D eigenvalue weighted by Gasteiger charge is 2.33. The summed E-state index contributed by atoms with van der Waals surface area (Å²) in [7, 11) is 1.77.